The maximum atomic E-state index is 12.3. The summed E-state index contributed by atoms with van der Waals surface area (Å²) < 4.78 is 25.8. The first kappa shape index (κ1) is 15.4. The second-order valence-corrected chi connectivity index (χ2v) is 5.98. The molecule has 0 radical (unpaired) electrons. The van der Waals surface area contributed by atoms with Gasteiger partial charge in [-0.2, -0.15) is 9.57 Å². The average Bonchev–Trinajstić information content (AvgIpc) is 2.42. The van der Waals surface area contributed by atoms with Gasteiger partial charge in [-0.3, -0.25) is 0 Å². The molecule has 1 heterocycles. The molecule has 1 aromatic rings. The van der Waals surface area contributed by atoms with Crippen molar-refractivity contribution in [2.75, 3.05) is 25.5 Å². The van der Waals surface area contributed by atoms with Crippen molar-refractivity contribution in [1.82, 2.24) is 9.29 Å². The number of nitrogens with one attached hydrogen (secondary N) is 1. The van der Waals surface area contributed by atoms with E-state index in [1.165, 1.54) is 13.2 Å². The topological polar surface area (TPSA) is 86.1 Å². The minimum atomic E-state index is -3.66. The van der Waals surface area contributed by atoms with E-state index in [2.05, 4.69) is 10.3 Å². The Morgan fingerprint density at radius 3 is 2.89 bits per heavy atom. The molecule has 0 bridgehead atoms. The van der Waals surface area contributed by atoms with E-state index in [4.69, 9.17) is 5.26 Å². The normalized spacial score (nSPS) is 11.3. The fourth-order valence-electron chi connectivity index (χ4n) is 1.47. The Labute approximate surface area is 114 Å². The summed E-state index contributed by atoms with van der Waals surface area (Å²) in [5.41, 5.74) is 0.494. The van der Waals surface area contributed by atoms with Gasteiger partial charge in [0.05, 0.1) is 11.8 Å². The lowest BCUT2D eigenvalue weighted by Crippen LogP contribution is -2.29. The van der Waals surface area contributed by atoms with Gasteiger partial charge in [0.25, 0.3) is 10.0 Å². The lowest BCUT2D eigenvalue weighted by atomic mass is 10.4. The summed E-state index contributed by atoms with van der Waals surface area (Å²) in [6.45, 7) is 2.83. The molecule has 0 amide bonds. The number of aromatic nitrogens is 1. The van der Waals surface area contributed by atoms with Crippen molar-refractivity contribution in [3.05, 3.63) is 18.3 Å². The summed E-state index contributed by atoms with van der Waals surface area (Å²) in [4.78, 5) is 3.96. The number of rotatable bonds is 7. The second kappa shape index (κ2) is 7.07. The van der Waals surface area contributed by atoms with Crippen molar-refractivity contribution in [2.24, 2.45) is 0 Å². The third-order valence-corrected chi connectivity index (χ3v) is 4.35. The maximum absolute atomic E-state index is 12.3. The highest BCUT2D eigenvalue weighted by molar-refractivity contribution is 7.89. The van der Waals surface area contributed by atoms with Gasteiger partial charge in [-0.1, -0.05) is 6.92 Å². The molecule has 0 aliphatic rings. The second-order valence-electron chi connectivity index (χ2n) is 4.02. The molecule has 1 aromatic heterocycles. The molecule has 1 N–H and O–H groups in total. The summed E-state index contributed by atoms with van der Waals surface area (Å²) in [6, 6.07) is 5.30. The van der Waals surface area contributed by atoms with E-state index in [1.807, 2.05) is 13.0 Å². The Morgan fingerprint density at radius 2 is 2.26 bits per heavy atom. The predicted molar refractivity (Wildman–Crippen MR) is 73.1 cm³/mol. The highest BCUT2D eigenvalue weighted by Crippen LogP contribution is 2.21. The van der Waals surface area contributed by atoms with Gasteiger partial charge in [-0.15, -0.1) is 0 Å². The number of hydrogen-bond acceptors (Lipinski definition) is 5. The Bertz CT molecular complexity index is 551. The molecule has 0 aromatic carbocycles. The van der Waals surface area contributed by atoms with Crippen LogP contribution in [0.3, 0.4) is 0 Å². The lowest BCUT2D eigenvalue weighted by Gasteiger charge is -2.17. The Kier molecular flexibility index (Phi) is 5.73. The van der Waals surface area contributed by atoms with Crippen molar-refractivity contribution < 1.29 is 8.42 Å². The minimum Gasteiger partial charge on any atom is -0.383 e. The van der Waals surface area contributed by atoms with Crippen LogP contribution in [0, 0.1) is 11.3 Å². The summed E-state index contributed by atoms with van der Waals surface area (Å²) in [7, 11) is -2.21. The zero-order chi connectivity index (χ0) is 14.3. The van der Waals surface area contributed by atoms with E-state index in [0.29, 0.717) is 12.2 Å². The van der Waals surface area contributed by atoms with Gasteiger partial charge in [0, 0.05) is 32.8 Å². The first-order valence-electron chi connectivity index (χ1n) is 6.06. The standard InChI is InChI=1S/C12H18N4O2S/c1-3-8-14-11-6-4-9-15-12(11)19(17,18)16(2)10-5-7-13/h4,6,9,14H,3,5,8,10H2,1-2H3. The fourth-order valence-corrected chi connectivity index (χ4v) is 2.70. The van der Waals surface area contributed by atoms with E-state index in [9.17, 15) is 8.42 Å². The van der Waals surface area contributed by atoms with Crippen LogP contribution in [0.5, 0.6) is 0 Å². The van der Waals surface area contributed by atoms with Crippen LogP contribution in [0.1, 0.15) is 19.8 Å². The number of pyridine rings is 1. The SMILES string of the molecule is CCCNc1cccnc1S(=O)(=O)N(C)CCC#N. The van der Waals surface area contributed by atoms with Crippen molar-refractivity contribution >= 4 is 15.7 Å². The van der Waals surface area contributed by atoms with E-state index in [-0.39, 0.29) is 18.0 Å². The number of anilines is 1. The average molecular weight is 282 g/mol. The van der Waals surface area contributed by atoms with Gasteiger partial charge in [-0.05, 0) is 18.6 Å². The van der Waals surface area contributed by atoms with Crippen molar-refractivity contribution in [2.45, 2.75) is 24.8 Å². The molecule has 6 nitrogen and oxygen atoms in total. The number of hydrogen-bond donors (Lipinski definition) is 1. The number of nitrogens with zero attached hydrogens (tertiary/aromatic N) is 3. The molecule has 0 aliphatic carbocycles. The van der Waals surface area contributed by atoms with Gasteiger partial charge >= 0.3 is 0 Å². The Hall–Kier alpha value is -1.65. The molecule has 0 unspecified atom stereocenters. The largest absolute Gasteiger partial charge is 0.383 e. The molecule has 1 rings (SSSR count). The summed E-state index contributed by atoms with van der Waals surface area (Å²) in [6.07, 6.45) is 2.49. The highest BCUT2D eigenvalue weighted by atomic mass is 32.2. The quantitative estimate of drug-likeness (QED) is 0.817. The fraction of sp³-hybridized carbons (Fsp3) is 0.500. The third kappa shape index (κ3) is 3.91. The predicted octanol–water partition coefficient (Wildman–Crippen LogP) is 1.44. The third-order valence-electron chi connectivity index (χ3n) is 2.53. The Balaban J connectivity index is 3.04. The molecule has 19 heavy (non-hydrogen) atoms. The minimum absolute atomic E-state index is 0.00360. The van der Waals surface area contributed by atoms with E-state index < -0.39 is 10.0 Å². The van der Waals surface area contributed by atoms with E-state index in [1.54, 1.807) is 12.1 Å². The van der Waals surface area contributed by atoms with Gasteiger partial charge in [0.2, 0.25) is 0 Å². The molecule has 0 saturated carbocycles. The van der Waals surface area contributed by atoms with Crippen molar-refractivity contribution in [3.63, 3.8) is 0 Å². The summed E-state index contributed by atoms with van der Waals surface area (Å²) in [5, 5.41) is 11.6. The van der Waals surface area contributed by atoms with Crippen LogP contribution in [0.15, 0.2) is 23.4 Å². The number of nitriles is 1. The zero-order valence-electron chi connectivity index (χ0n) is 11.1. The van der Waals surface area contributed by atoms with Gasteiger partial charge in [0.1, 0.15) is 0 Å². The van der Waals surface area contributed by atoms with Crippen LogP contribution < -0.4 is 5.32 Å². The van der Waals surface area contributed by atoms with Crippen molar-refractivity contribution in [3.8, 4) is 6.07 Å². The zero-order valence-corrected chi connectivity index (χ0v) is 11.9. The summed E-state index contributed by atoms with van der Waals surface area (Å²) in [5.74, 6) is 0. The van der Waals surface area contributed by atoms with Crippen LogP contribution in [-0.2, 0) is 10.0 Å². The van der Waals surface area contributed by atoms with Crippen LogP contribution >= 0.6 is 0 Å². The van der Waals surface area contributed by atoms with Gasteiger partial charge in [-0.25, -0.2) is 13.4 Å². The molecule has 0 aliphatic heterocycles. The Morgan fingerprint density at radius 1 is 1.53 bits per heavy atom. The van der Waals surface area contributed by atoms with Crippen LogP contribution in [0.4, 0.5) is 5.69 Å². The highest BCUT2D eigenvalue weighted by Gasteiger charge is 2.24. The molecule has 0 saturated heterocycles. The van der Waals surface area contributed by atoms with E-state index >= 15 is 0 Å². The summed E-state index contributed by atoms with van der Waals surface area (Å²) >= 11 is 0. The first-order valence-corrected chi connectivity index (χ1v) is 7.50. The smallest absolute Gasteiger partial charge is 0.262 e. The molecule has 0 atom stereocenters. The van der Waals surface area contributed by atoms with Crippen molar-refractivity contribution in [1.29, 1.82) is 5.26 Å². The van der Waals surface area contributed by atoms with Gasteiger partial charge in [0.15, 0.2) is 5.03 Å². The van der Waals surface area contributed by atoms with Crippen LogP contribution in [0.25, 0.3) is 0 Å². The monoisotopic (exact) mass is 282 g/mol. The molecular weight excluding hydrogens is 264 g/mol. The van der Waals surface area contributed by atoms with Crippen LogP contribution in [0.2, 0.25) is 0 Å². The van der Waals surface area contributed by atoms with Crippen LogP contribution in [-0.4, -0.2) is 37.8 Å². The molecule has 7 heteroatoms. The van der Waals surface area contributed by atoms with E-state index in [0.717, 1.165) is 10.7 Å². The number of sulfonamides is 1. The molecule has 0 spiro atoms. The van der Waals surface area contributed by atoms with Gasteiger partial charge < -0.3 is 5.32 Å². The molecular formula is C12H18N4O2S. The first-order chi connectivity index (χ1) is 9.04. The molecule has 104 valence electrons. The lowest BCUT2D eigenvalue weighted by molar-refractivity contribution is 0.474. The molecule has 0 fully saturated rings. The maximum Gasteiger partial charge on any atom is 0.262 e.